The van der Waals surface area contributed by atoms with Crippen molar-refractivity contribution in [2.75, 3.05) is 6.54 Å². The smallest absolute Gasteiger partial charge is 0.392 e. The first-order chi connectivity index (χ1) is 7.81. The van der Waals surface area contributed by atoms with Gasteiger partial charge in [0.05, 0.1) is 18.4 Å². The largest absolute Gasteiger partial charge is 0.463 e. The van der Waals surface area contributed by atoms with Crippen molar-refractivity contribution < 1.29 is 22.7 Å². The highest BCUT2D eigenvalue weighted by molar-refractivity contribution is 5.70. The molecule has 0 rings (SSSR count). The fourth-order valence-electron chi connectivity index (χ4n) is 1.52. The van der Waals surface area contributed by atoms with Crippen LogP contribution in [0.15, 0.2) is 0 Å². The number of nitrogens with two attached hydrogens (primary N) is 1. The van der Waals surface area contributed by atoms with Crippen molar-refractivity contribution in [3.8, 4) is 0 Å². The van der Waals surface area contributed by atoms with E-state index in [4.69, 9.17) is 10.5 Å². The van der Waals surface area contributed by atoms with Crippen LogP contribution in [0.1, 0.15) is 39.5 Å². The molecule has 0 aliphatic rings. The van der Waals surface area contributed by atoms with Crippen LogP contribution in [0.5, 0.6) is 0 Å². The summed E-state index contributed by atoms with van der Waals surface area (Å²) in [6, 6.07) is 0. The zero-order valence-electron chi connectivity index (χ0n) is 10.2. The molecule has 2 unspecified atom stereocenters. The molecule has 0 aromatic rings. The van der Waals surface area contributed by atoms with Gasteiger partial charge in [0, 0.05) is 0 Å². The fourth-order valence-corrected chi connectivity index (χ4v) is 1.52. The molecule has 2 N–H and O–H groups in total. The molecule has 3 nitrogen and oxygen atoms in total. The standard InChI is InChI=1S/C11H20F3NO2/c1-3-4-8(2)17-10(16)7-9(5-6-15)11(12,13)14/h8-9H,3-7,15H2,1-2H3. The molecule has 0 aliphatic heterocycles. The zero-order chi connectivity index (χ0) is 13.5. The predicted molar refractivity (Wildman–Crippen MR) is 58.3 cm³/mol. The van der Waals surface area contributed by atoms with Gasteiger partial charge in [0.15, 0.2) is 0 Å². The summed E-state index contributed by atoms with van der Waals surface area (Å²) < 4.78 is 42.4. The topological polar surface area (TPSA) is 52.3 Å². The van der Waals surface area contributed by atoms with Crippen molar-refractivity contribution in [2.24, 2.45) is 11.7 Å². The zero-order valence-corrected chi connectivity index (χ0v) is 10.2. The molecule has 0 amide bonds. The van der Waals surface area contributed by atoms with Gasteiger partial charge in [-0.25, -0.2) is 0 Å². The van der Waals surface area contributed by atoms with Crippen LogP contribution >= 0.6 is 0 Å². The van der Waals surface area contributed by atoms with Crippen LogP contribution in [0.2, 0.25) is 0 Å². The van der Waals surface area contributed by atoms with E-state index in [1.807, 2.05) is 6.92 Å². The number of rotatable bonds is 7. The molecular formula is C11H20F3NO2. The van der Waals surface area contributed by atoms with Crippen molar-refractivity contribution in [1.82, 2.24) is 0 Å². The summed E-state index contributed by atoms with van der Waals surface area (Å²) in [5.74, 6) is -2.50. The van der Waals surface area contributed by atoms with Crippen LogP contribution < -0.4 is 5.73 Å². The molecule has 0 heterocycles. The van der Waals surface area contributed by atoms with Crippen molar-refractivity contribution in [3.63, 3.8) is 0 Å². The lowest BCUT2D eigenvalue weighted by Gasteiger charge is -2.20. The molecule has 102 valence electrons. The minimum absolute atomic E-state index is 0.0953. The summed E-state index contributed by atoms with van der Waals surface area (Å²) in [5, 5.41) is 0. The summed E-state index contributed by atoms with van der Waals surface area (Å²) in [6.45, 7) is 3.49. The molecule has 0 aliphatic carbocycles. The molecule has 0 aromatic carbocycles. The highest BCUT2D eigenvalue weighted by Crippen LogP contribution is 2.31. The molecule has 6 heteroatoms. The summed E-state index contributed by atoms with van der Waals surface area (Å²) in [6.07, 6.45) is -4.15. The van der Waals surface area contributed by atoms with Crippen LogP contribution in [0.4, 0.5) is 13.2 Å². The normalized spacial score (nSPS) is 15.4. The first-order valence-corrected chi connectivity index (χ1v) is 5.77. The van der Waals surface area contributed by atoms with Crippen LogP contribution in [0.25, 0.3) is 0 Å². The minimum atomic E-state index is -4.40. The van der Waals surface area contributed by atoms with Gasteiger partial charge in [-0.1, -0.05) is 13.3 Å². The van der Waals surface area contributed by atoms with Crippen molar-refractivity contribution in [3.05, 3.63) is 0 Å². The maximum Gasteiger partial charge on any atom is 0.392 e. The Labute approximate surface area is 99.5 Å². The summed E-state index contributed by atoms with van der Waals surface area (Å²) in [4.78, 5) is 11.3. The Bertz CT molecular complexity index is 231. The highest BCUT2D eigenvalue weighted by Gasteiger charge is 2.40. The molecular weight excluding hydrogens is 235 g/mol. The van der Waals surface area contributed by atoms with E-state index in [1.165, 1.54) is 0 Å². The number of esters is 1. The highest BCUT2D eigenvalue weighted by atomic mass is 19.4. The van der Waals surface area contributed by atoms with E-state index < -0.39 is 24.5 Å². The quantitative estimate of drug-likeness (QED) is 0.711. The number of hydrogen-bond donors (Lipinski definition) is 1. The Hall–Kier alpha value is -0.780. The number of carbonyl (C=O) groups is 1. The average molecular weight is 255 g/mol. The summed E-state index contributed by atoms with van der Waals surface area (Å²) >= 11 is 0. The Morgan fingerprint density at radius 3 is 2.35 bits per heavy atom. The first kappa shape index (κ1) is 16.2. The van der Waals surface area contributed by atoms with Gasteiger partial charge >= 0.3 is 12.1 Å². The number of ether oxygens (including phenoxy) is 1. The van der Waals surface area contributed by atoms with E-state index in [1.54, 1.807) is 6.92 Å². The third-order valence-electron chi connectivity index (χ3n) is 2.42. The van der Waals surface area contributed by atoms with Gasteiger partial charge in [-0.15, -0.1) is 0 Å². The van der Waals surface area contributed by atoms with Crippen molar-refractivity contribution in [2.45, 2.75) is 51.8 Å². The van der Waals surface area contributed by atoms with Gasteiger partial charge in [0.2, 0.25) is 0 Å². The second-order valence-electron chi connectivity index (χ2n) is 4.11. The first-order valence-electron chi connectivity index (χ1n) is 5.77. The van der Waals surface area contributed by atoms with E-state index in [-0.39, 0.29) is 19.1 Å². The van der Waals surface area contributed by atoms with Gasteiger partial charge in [-0.05, 0) is 26.3 Å². The van der Waals surface area contributed by atoms with Crippen LogP contribution in [0.3, 0.4) is 0 Å². The fraction of sp³-hybridized carbons (Fsp3) is 0.909. The molecule has 17 heavy (non-hydrogen) atoms. The third-order valence-corrected chi connectivity index (χ3v) is 2.42. The Morgan fingerprint density at radius 2 is 1.94 bits per heavy atom. The second-order valence-corrected chi connectivity index (χ2v) is 4.11. The van der Waals surface area contributed by atoms with Crippen molar-refractivity contribution in [1.29, 1.82) is 0 Å². The van der Waals surface area contributed by atoms with E-state index in [2.05, 4.69) is 0 Å². The van der Waals surface area contributed by atoms with Crippen LogP contribution in [-0.2, 0) is 9.53 Å². The number of alkyl halides is 3. The van der Waals surface area contributed by atoms with Gasteiger partial charge in [-0.2, -0.15) is 13.2 Å². The lowest BCUT2D eigenvalue weighted by Crippen LogP contribution is -2.29. The number of hydrogen-bond acceptors (Lipinski definition) is 3. The van der Waals surface area contributed by atoms with Gasteiger partial charge in [0.25, 0.3) is 0 Å². The van der Waals surface area contributed by atoms with Gasteiger partial charge in [-0.3, -0.25) is 4.79 Å². The molecule has 0 fully saturated rings. The van der Waals surface area contributed by atoms with E-state index in [0.29, 0.717) is 6.42 Å². The minimum Gasteiger partial charge on any atom is -0.463 e. The molecule has 2 atom stereocenters. The monoisotopic (exact) mass is 255 g/mol. The van der Waals surface area contributed by atoms with Gasteiger partial charge in [0.1, 0.15) is 0 Å². The molecule has 0 saturated heterocycles. The lowest BCUT2D eigenvalue weighted by molar-refractivity contribution is -0.187. The van der Waals surface area contributed by atoms with Gasteiger partial charge < -0.3 is 10.5 Å². The van der Waals surface area contributed by atoms with Crippen LogP contribution in [-0.4, -0.2) is 24.8 Å². The van der Waals surface area contributed by atoms with E-state index >= 15 is 0 Å². The predicted octanol–water partition coefficient (Wildman–Crippen LogP) is 2.64. The summed E-state index contributed by atoms with van der Waals surface area (Å²) in [7, 11) is 0. The SMILES string of the molecule is CCCC(C)OC(=O)CC(CCN)C(F)(F)F. The maximum atomic E-state index is 12.5. The third kappa shape index (κ3) is 7.20. The second kappa shape index (κ2) is 7.53. The van der Waals surface area contributed by atoms with E-state index in [0.717, 1.165) is 6.42 Å². The molecule has 0 aromatic heterocycles. The molecule has 0 bridgehead atoms. The number of halogens is 3. The Balaban J connectivity index is 4.22. The lowest BCUT2D eigenvalue weighted by atomic mass is 10.0. The summed E-state index contributed by atoms with van der Waals surface area (Å²) in [5.41, 5.74) is 5.10. The van der Waals surface area contributed by atoms with E-state index in [9.17, 15) is 18.0 Å². The Morgan fingerprint density at radius 1 is 1.35 bits per heavy atom. The maximum absolute atomic E-state index is 12.5. The Kier molecular flexibility index (Phi) is 7.18. The van der Waals surface area contributed by atoms with Crippen LogP contribution in [0, 0.1) is 5.92 Å². The molecule has 0 saturated carbocycles. The molecule has 0 radical (unpaired) electrons. The average Bonchev–Trinajstić information content (AvgIpc) is 2.15. The molecule has 0 spiro atoms. The number of carbonyl (C=O) groups excluding carboxylic acids is 1. The van der Waals surface area contributed by atoms with Crippen molar-refractivity contribution >= 4 is 5.97 Å².